The maximum Gasteiger partial charge on any atom is 0.422 e. The van der Waals surface area contributed by atoms with Gasteiger partial charge in [0.25, 0.3) is 0 Å². The Morgan fingerprint density at radius 2 is 2.29 bits per heavy atom. The highest BCUT2D eigenvalue weighted by Crippen LogP contribution is 2.21. The van der Waals surface area contributed by atoms with E-state index in [-0.39, 0.29) is 23.6 Å². The number of anilines is 1. The minimum Gasteiger partial charge on any atom is -0.468 e. The lowest BCUT2D eigenvalue weighted by Gasteiger charge is -2.14. The van der Waals surface area contributed by atoms with Crippen LogP contribution in [0.3, 0.4) is 0 Å². The van der Waals surface area contributed by atoms with E-state index in [1.807, 2.05) is 0 Å². The number of hydrogen-bond donors (Lipinski definition) is 2. The third kappa shape index (κ3) is 4.59. The average molecular weight is 303 g/mol. The molecule has 0 aromatic carbocycles. The fourth-order valence-corrected chi connectivity index (χ4v) is 1.99. The first-order valence-electron chi connectivity index (χ1n) is 6.56. The molecule has 1 aliphatic heterocycles. The van der Waals surface area contributed by atoms with Crippen LogP contribution in [0.25, 0.3) is 0 Å². The van der Waals surface area contributed by atoms with Crippen molar-refractivity contribution in [2.75, 3.05) is 18.5 Å². The molecule has 2 heterocycles. The van der Waals surface area contributed by atoms with Gasteiger partial charge in [-0.05, 0) is 31.9 Å². The number of alkyl halides is 3. The predicted octanol–water partition coefficient (Wildman–Crippen LogP) is 2.02. The zero-order valence-corrected chi connectivity index (χ0v) is 11.5. The van der Waals surface area contributed by atoms with Gasteiger partial charge in [-0.1, -0.05) is 6.07 Å². The standard InChI is InChI=1S/C13H16F3N3O2/c1-8-4-5-10(21-7-13(14,15)16)18-11(8)19-12(20)9-3-2-6-17-9/h4-5,9,17H,2-3,6-7H2,1H3,(H,18,19,20). The second-order valence-electron chi connectivity index (χ2n) is 4.86. The molecule has 0 radical (unpaired) electrons. The molecular weight excluding hydrogens is 287 g/mol. The first-order valence-corrected chi connectivity index (χ1v) is 6.56. The van der Waals surface area contributed by atoms with Crippen LogP contribution in [0.4, 0.5) is 19.0 Å². The van der Waals surface area contributed by atoms with E-state index in [1.54, 1.807) is 13.0 Å². The van der Waals surface area contributed by atoms with Gasteiger partial charge in [-0.15, -0.1) is 0 Å². The molecule has 1 aromatic heterocycles. The lowest BCUT2D eigenvalue weighted by molar-refractivity contribution is -0.154. The molecule has 8 heteroatoms. The second-order valence-corrected chi connectivity index (χ2v) is 4.86. The van der Waals surface area contributed by atoms with E-state index in [4.69, 9.17) is 0 Å². The van der Waals surface area contributed by atoms with E-state index in [0.29, 0.717) is 5.56 Å². The molecule has 0 saturated carbocycles. The Bertz CT molecular complexity index is 514. The van der Waals surface area contributed by atoms with Gasteiger partial charge in [0.05, 0.1) is 6.04 Å². The summed E-state index contributed by atoms with van der Waals surface area (Å²) in [7, 11) is 0. The minimum atomic E-state index is -4.43. The van der Waals surface area contributed by atoms with Crippen molar-refractivity contribution in [1.29, 1.82) is 0 Å². The summed E-state index contributed by atoms with van der Waals surface area (Å²) < 4.78 is 40.9. The van der Waals surface area contributed by atoms with E-state index >= 15 is 0 Å². The molecule has 0 spiro atoms. The van der Waals surface area contributed by atoms with Gasteiger partial charge in [-0.25, -0.2) is 0 Å². The van der Waals surface area contributed by atoms with Crippen molar-refractivity contribution in [3.63, 3.8) is 0 Å². The van der Waals surface area contributed by atoms with E-state index in [9.17, 15) is 18.0 Å². The van der Waals surface area contributed by atoms with Gasteiger partial charge in [0.2, 0.25) is 11.8 Å². The Morgan fingerprint density at radius 1 is 1.52 bits per heavy atom. The maximum atomic E-state index is 12.1. The molecule has 1 aliphatic rings. The fourth-order valence-electron chi connectivity index (χ4n) is 1.99. The number of hydrogen-bond acceptors (Lipinski definition) is 4. The van der Waals surface area contributed by atoms with Crippen molar-refractivity contribution in [2.45, 2.75) is 32.0 Å². The van der Waals surface area contributed by atoms with Crippen LogP contribution < -0.4 is 15.4 Å². The van der Waals surface area contributed by atoms with E-state index in [0.717, 1.165) is 19.4 Å². The molecule has 1 amide bonds. The first-order chi connectivity index (χ1) is 9.85. The summed E-state index contributed by atoms with van der Waals surface area (Å²) in [5.74, 6) is -0.197. The molecule has 1 aromatic rings. The lowest BCUT2D eigenvalue weighted by Crippen LogP contribution is -2.35. The predicted molar refractivity (Wildman–Crippen MR) is 70.2 cm³/mol. The molecule has 1 unspecified atom stereocenters. The number of pyridine rings is 1. The molecule has 21 heavy (non-hydrogen) atoms. The van der Waals surface area contributed by atoms with Crippen molar-refractivity contribution in [3.8, 4) is 5.88 Å². The van der Waals surface area contributed by atoms with Gasteiger partial charge in [0.1, 0.15) is 5.82 Å². The zero-order valence-electron chi connectivity index (χ0n) is 11.5. The van der Waals surface area contributed by atoms with Crippen LogP contribution in [0, 0.1) is 6.92 Å². The van der Waals surface area contributed by atoms with E-state index in [1.165, 1.54) is 6.07 Å². The lowest BCUT2D eigenvalue weighted by atomic mass is 10.2. The number of aryl methyl sites for hydroxylation is 1. The summed E-state index contributed by atoms with van der Waals surface area (Å²) in [6.07, 6.45) is -2.78. The Kier molecular flexibility index (Phi) is 4.66. The Balaban J connectivity index is 2.02. The van der Waals surface area contributed by atoms with Crippen molar-refractivity contribution >= 4 is 11.7 Å². The molecule has 1 atom stereocenters. The number of aromatic nitrogens is 1. The van der Waals surface area contributed by atoms with Crippen molar-refractivity contribution in [2.24, 2.45) is 0 Å². The summed E-state index contributed by atoms with van der Waals surface area (Å²) in [4.78, 5) is 15.9. The quantitative estimate of drug-likeness (QED) is 0.893. The van der Waals surface area contributed by atoms with Crippen LogP contribution in [0.1, 0.15) is 18.4 Å². The molecule has 0 bridgehead atoms. The number of carbonyl (C=O) groups is 1. The fraction of sp³-hybridized carbons (Fsp3) is 0.538. The summed E-state index contributed by atoms with van der Waals surface area (Å²) >= 11 is 0. The second kappa shape index (κ2) is 6.30. The van der Waals surface area contributed by atoms with Crippen LogP contribution in [0.2, 0.25) is 0 Å². The molecule has 1 saturated heterocycles. The SMILES string of the molecule is Cc1ccc(OCC(F)(F)F)nc1NC(=O)C1CCCN1. The normalized spacial score (nSPS) is 18.6. The van der Waals surface area contributed by atoms with Crippen LogP contribution in [-0.2, 0) is 4.79 Å². The molecular formula is C13H16F3N3O2. The van der Waals surface area contributed by atoms with E-state index in [2.05, 4.69) is 20.4 Å². The van der Waals surface area contributed by atoms with Crippen LogP contribution in [0.5, 0.6) is 5.88 Å². The van der Waals surface area contributed by atoms with Gasteiger partial charge in [-0.2, -0.15) is 18.2 Å². The molecule has 2 N–H and O–H groups in total. The number of carbonyl (C=O) groups excluding carboxylic acids is 1. The minimum absolute atomic E-state index is 0.174. The Labute approximate surface area is 119 Å². The third-order valence-electron chi connectivity index (χ3n) is 3.07. The zero-order chi connectivity index (χ0) is 15.5. The third-order valence-corrected chi connectivity index (χ3v) is 3.07. The maximum absolute atomic E-state index is 12.1. The Hall–Kier alpha value is -1.83. The van der Waals surface area contributed by atoms with Gasteiger partial charge >= 0.3 is 6.18 Å². The van der Waals surface area contributed by atoms with Gasteiger partial charge in [0, 0.05) is 6.07 Å². The average Bonchev–Trinajstić information content (AvgIpc) is 2.92. The van der Waals surface area contributed by atoms with Crippen LogP contribution in [0.15, 0.2) is 12.1 Å². The van der Waals surface area contributed by atoms with Gasteiger partial charge in [0.15, 0.2) is 6.61 Å². The highest BCUT2D eigenvalue weighted by atomic mass is 19.4. The summed E-state index contributed by atoms with van der Waals surface area (Å²) in [5, 5.41) is 5.65. The first kappa shape index (κ1) is 15.6. The summed E-state index contributed by atoms with van der Waals surface area (Å²) in [6.45, 7) is 1.07. The van der Waals surface area contributed by atoms with E-state index < -0.39 is 12.8 Å². The molecule has 5 nitrogen and oxygen atoms in total. The largest absolute Gasteiger partial charge is 0.468 e. The smallest absolute Gasteiger partial charge is 0.422 e. The number of halogens is 3. The van der Waals surface area contributed by atoms with Crippen LogP contribution >= 0.6 is 0 Å². The molecule has 2 rings (SSSR count). The number of amides is 1. The summed E-state index contributed by atoms with van der Waals surface area (Å²) in [6, 6.07) is 2.60. The number of nitrogens with one attached hydrogen (secondary N) is 2. The molecule has 1 fully saturated rings. The van der Waals surface area contributed by atoms with Gasteiger partial charge in [-0.3, -0.25) is 4.79 Å². The monoisotopic (exact) mass is 303 g/mol. The van der Waals surface area contributed by atoms with Gasteiger partial charge < -0.3 is 15.4 Å². The Morgan fingerprint density at radius 3 is 2.90 bits per heavy atom. The molecule has 0 aliphatic carbocycles. The number of ether oxygens (including phenoxy) is 1. The van der Waals surface area contributed by atoms with Crippen molar-refractivity contribution < 1.29 is 22.7 Å². The highest BCUT2D eigenvalue weighted by Gasteiger charge is 2.29. The van der Waals surface area contributed by atoms with Crippen molar-refractivity contribution in [1.82, 2.24) is 10.3 Å². The highest BCUT2D eigenvalue weighted by molar-refractivity contribution is 5.94. The topological polar surface area (TPSA) is 63.2 Å². The number of rotatable bonds is 4. The van der Waals surface area contributed by atoms with Crippen molar-refractivity contribution in [3.05, 3.63) is 17.7 Å². The van der Waals surface area contributed by atoms with Crippen LogP contribution in [-0.4, -0.2) is 36.3 Å². The number of nitrogens with zero attached hydrogens (tertiary/aromatic N) is 1. The molecule has 116 valence electrons. The summed E-state index contributed by atoms with van der Waals surface area (Å²) in [5.41, 5.74) is 0.653.